The number of nitrogens with one attached hydrogen (secondary N) is 1. The number of rotatable bonds is 5. The molecule has 0 spiro atoms. The summed E-state index contributed by atoms with van der Waals surface area (Å²) in [6.07, 6.45) is -3.11. The summed E-state index contributed by atoms with van der Waals surface area (Å²) in [7, 11) is 3.47. The first-order valence-corrected chi connectivity index (χ1v) is 12.4. The molecule has 0 atom stereocenters. The molecule has 1 aliphatic rings. The van der Waals surface area contributed by atoms with E-state index < -0.39 is 17.6 Å². The van der Waals surface area contributed by atoms with Crippen molar-refractivity contribution in [1.82, 2.24) is 14.8 Å². The van der Waals surface area contributed by atoms with Gasteiger partial charge in [-0.15, -0.1) is 0 Å². The van der Waals surface area contributed by atoms with Gasteiger partial charge in [0.2, 0.25) is 0 Å². The second kappa shape index (κ2) is 11.9. The quantitative estimate of drug-likeness (QED) is 0.441. The number of carbonyl (C=O) groups is 1. The molecule has 3 N–H and O–H groups in total. The molecule has 3 aromatic rings. The molecule has 4 rings (SSSR count). The van der Waals surface area contributed by atoms with Gasteiger partial charge in [-0.25, -0.2) is 4.98 Å². The van der Waals surface area contributed by atoms with Gasteiger partial charge >= 0.3 is 6.18 Å². The molecule has 1 fully saturated rings. The Kier molecular flexibility index (Phi) is 8.65. The van der Waals surface area contributed by atoms with E-state index in [0.29, 0.717) is 35.0 Å². The van der Waals surface area contributed by atoms with Crippen LogP contribution < -0.4 is 15.8 Å². The van der Waals surface area contributed by atoms with Crippen molar-refractivity contribution < 1.29 is 22.7 Å². The zero-order valence-corrected chi connectivity index (χ0v) is 22.2. The van der Waals surface area contributed by atoms with Crippen LogP contribution in [0.5, 0.6) is 5.75 Å². The van der Waals surface area contributed by atoms with Gasteiger partial charge in [0.25, 0.3) is 5.91 Å². The van der Waals surface area contributed by atoms with E-state index in [0.717, 1.165) is 19.2 Å². The number of nitrogen functional groups attached to an aromatic ring is 1. The number of amides is 1. The number of methoxy groups -OCH3 is 1. The third-order valence-corrected chi connectivity index (χ3v) is 6.68. The Morgan fingerprint density at radius 1 is 1.10 bits per heavy atom. The SMILES string of the molecule is COc1cnc(N)c(C#Cc2cc(C(=O)Nc3ccc(CN4CCN(C)CC4)c(C(F)(F)F)c3)ccc2Cl)c1. The summed E-state index contributed by atoms with van der Waals surface area (Å²) in [5, 5.41) is 2.85. The van der Waals surface area contributed by atoms with Crippen LogP contribution in [0, 0.1) is 11.8 Å². The monoisotopic (exact) mass is 557 g/mol. The smallest absolute Gasteiger partial charge is 0.416 e. The van der Waals surface area contributed by atoms with E-state index in [1.54, 1.807) is 6.07 Å². The first-order valence-electron chi connectivity index (χ1n) is 12.1. The van der Waals surface area contributed by atoms with Gasteiger partial charge in [0, 0.05) is 55.6 Å². The highest BCUT2D eigenvalue weighted by Gasteiger charge is 2.34. The fraction of sp³-hybridized carbons (Fsp3) is 0.286. The number of benzene rings is 2. The number of nitrogens with two attached hydrogens (primary N) is 1. The lowest BCUT2D eigenvalue weighted by atomic mass is 10.0. The minimum Gasteiger partial charge on any atom is -0.495 e. The molecule has 1 saturated heterocycles. The highest BCUT2D eigenvalue weighted by molar-refractivity contribution is 6.32. The maximum Gasteiger partial charge on any atom is 0.416 e. The van der Waals surface area contributed by atoms with Gasteiger partial charge in [0.05, 0.1) is 29.5 Å². The number of hydrogen-bond acceptors (Lipinski definition) is 6. The Morgan fingerprint density at radius 2 is 1.82 bits per heavy atom. The number of ether oxygens (including phenoxy) is 1. The third-order valence-electron chi connectivity index (χ3n) is 6.35. The van der Waals surface area contributed by atoms with E-state index in [1.165, 1.54) is 43.6 Å². The Bertz CT molecular complexity index is 1430. The number of halogens is 4. The van der Waals surface area contributed by atoms with E-state index in [2.05, 4.69) is 27.0 Å². The molecule has 0 unspecified atom stereocenters. The molecule has 0 bridgehead atoms. The Balaban J connectivity index is 1.54. The van der Waals surface area contributed by atoms with Crippen molar-refractivity contribution in [2.24, 2.45) is 0 Å². The molecule has 0 saturated carbocycles. The molecular weight excluding hydrogens is 531 g/mol. The fourth-order valence-electron chi connectivity index (χ4n) is 4.07. The minimum absolute atomic E-state index is 0.0345. The topological polar surface area (TPSA) is 83.7 Å². The summed E-state index contributed by atoms with van der Waals surface area (Å²) in [6.45, 7) is 3.16. The number of piperazine rings is 1. The van der Waals surface area contributed by atoms with Crippen LogP contribution in [0.1, 0.15) is 32.6 Å². The average Bonchev–Trinajstić information content (AvgIpc) is 2.90. The first-order chi connectivity index (χ1) is 18.5. The predicted octanol–water partition coefficient (Wildman–Crippen LogP) is 4.74. The van der Waals surface area contributed by atoms with Gasteiger partial charge in [-0.05, 0) is 42.9 Å². The number of carbonyl (C=O) groups excluding carboxylic acids is 1. The van der Waals surface area contributed by atoms with Crippen molar-refractivity contribution in [2.45, 2.75) is 12.7 Å². The summed E-state index contributed by atoms with van der Waals surface area (Å²) in [4.78, 5) is 21.1. The van der Waals surface area contributed by atoms with Gasteiger partial charge in [-0.3, -0.25) is 9.69 Å². The van der Waals surface area contributed by atoms with Gasteiger partial charge in [-0.1, -0.05) is 29.5 Å². The molecule has 11 heteroatoms. The number of anilines is 2. The Labute approximate surface area is 229 Å². The van der Waals surface area contributed by atoms with E-state index in [4.69, 9.17) is 22.1 Å². The zero-order valence-electron chi connectivity index (χ0n) is 21.4. The summed E-state index contributed by atoms with van der Waals surface area (Å²) in [6, 6.07) is 9.91. The second-order valence-corrected chi connectivity index (χ2v) is 9.56. The van der Waals surface area contributed by atoms with Crippen molar-refractivity contribution >= 4 is 29.0 Å². The van der Waals surface area contributed by atoms with Crippen LogP contribution in [-0.4, -0.2) is 61.0 Å². The molecule has 7 nitrogen and oxygen atoms in total. The van der Waals surface area contributed by atoms with E-state index >= 15 is 0 Å². The lowest BCUT2D eigenvalue weighted by molar-refractivity contribution is -0.138. The summed E-state index contributed by atoms with van der Waals surface area (Å²) >= 11 is 6.26. The van der Waals surface area contributed by atoms with Crippen molar-refractivity contribution in [1.29, 1.82) is 0 Å². The highest BCUT2D eigenvalue weighted by Crippen LogP contribution is 2.35. The summed E-state index contributed by atoms with van der Waals surface area (Å²) < 4.78 is 46.9. The van der Waals surface area contributed by atoms with Crippen molar-refractivity contribution in [3.05, 3.63) is 81.5 Å². The standard InChI is InChI=1S/C28H27ClF3N5O2/c1-36-9-11-37(12-10-36)17-21-5-7-22(15-24(21)28(30,31)32)35-27(38)20-6-8-25(29)18(13-20)3-4-19-14-23(39-2)16-34-26(19)33/h5-8,13-16H,9-12,17H2,1-2H3,(H2,33,34)(H,35,38). The van der Waals surface area contributed by atoms with Crippen molar-refractivity contribution in [3.63, 3.8) is 0 Å². The molecular formula is C28H27ClF3N5O2. The predicted molar refractivity (Wildman–Crippen MR) is 145 cm³/mol. The Hall–Kier alpha value is -3.78. The summed E-state index contributed by atoms with van der Waals surface area (Å²) in [5.74, 6) is 5.80. The number of likely N-dealkylation sites (N-methyl/N-ethyl adjacent to an activating group) is 1. The average molecular weight is 558 g/mol. The van der Waals surface area contributed by atoms with Crippen LogP contribution >= 0.6 is 11.6 Å². The second-order valence-electron chi connectivity index (χ2n) is 9.16. The molecule has 0 radical (unpaired) electrons. The maximum absolute atomic E-state index is 13.9. The maximum atomic E-state index is 13.9. The fourth-order valence-corrected chi connectivity index (χ4v) is 4.24. The molecule has 2 heterocycles. The summed E-state index contributed by atoms with van der Waals surface area (Å²) in [5.41, 5.74) is 6.23. The van der Waals surface area contributed by atoms with Crippen LogP contribution in [0.2, 0.25) is 5.02 Å². The molecule has 204 valence electrons. The van der Waals surface area contributed by atoms with Gasteiger partial charge in [0.1, 0.15) is 11.6 Å². The number of aromatic nitrogens is 1. The van der Waals surface area contributed by atoms with Gasteiger partial charge in [0.15, 0.2) is 0 Å². The normalized spacial score (nSPS) is 14.4. The lowest BCUT2D eigenvalue weighted by Crippen LogP contribution is -2.44. The molecule has 2 aromatic carbocycles. The van der Waals surface area contributed by atoms with Crippen LogP contribution in [0.4, 0.5) is 24.7 Å². The van der Waals surface area contributed by atoms with E-state index in [9.17, 15) is 18.0 Å². The molecule has 1 aromatic heterocycles. The lowest BCUT2D eigenvalue weighted by Gasteiger charge is -2.33. The highest BCUT2D eigenvalue weighted by atomic mass is 35.5. The molecule has 39 heavy (non-hydrogen) atoms. The number of hydrogen-bond donors (Lipinski definition) is 2. The van der Waals surface area contributed by atoms with Crippen LogP contribution in [0.25, 0.3) is 0 Å². The van der Waals surface area contributed by atoms with E-state index in [1.807, 2.05) is 11.9 Å². The van der Waals surface area contributed by atoms with Crippen LogP contribution in [0.3, 0.4) is 0 Å². The number of pyridine rings is 1. The Morgan fingerprint density at radius 3 is 2.51 bits per heavy atom. The minimum atomic E-state index is -4.57. The van der Waals surface area contributed by atoms with Gasteiger partial charge in [-0.2, -0.15) is 13.2 Å². The van der Waals surface area contributed by atoms with Gasteiger partial charge < -0.3 is 20.7 Å². The zero-order chi connectivity index (χ0) is 28.2. The van der Waals surface area contributed by atoms with Crippen molar-refractivity contribution in [2.75, 3.05) is 51.4 Å². The molecule has 0 aliphatic carbocycles. The molecule has 1 amide bonds. The molecule has 1 aliphatic heterocycles. The van der Waals surface area contributed by atoms with Crippen molar-refractivity contribution in [3.8, 4) is 17.6 Å². The largest absolute Gasteiger partial charge is 0.495 e. The first kappa shape index (κ1) is 28.2. The number of alkyl halides is 3. The van der Waals surface area contributed by atoms with Crippen LogP contribution in [0.15, 0.2) is 48.7 Å². The third kappa shape index (κ3) is 7.20. The van der Waals surface area contributed by atoms with E-state index in [-0.39, 0.29) is 29.2 Å². The number of nitrogens with zero attached hydrogens (tertiary/aromatic N) is 3. The van der Waals surface area contributed by atoms with Crippen LogP contribution in [-0.2, 0) is 12.7 Å².